The Morgan fingerprint density at radius 2 is 2.17 bits per heavy atom. The van der Waals surface area contributed by atoms with Gasteiger partial charge in [-0.1, -0.05) is 0 Å². The first-order valence-electron chi connectivity index (χ1n) is 5.45. The van der Waals surface area contributed by atoms with E-state index in [1.807, 2.05) is 6.92 Å². The van der Waals surface area contributed by atoms with Crippen LogP contribution in [0.2, 0.25) is 0 Å². The number of ether oxygens (including phenoxy) is 1. The Morgan fingerprint density at radius 1 is 1.50 bits per heavy atom. The molecule has 0 fully saturated rings. The van der Waals surface area contributed by atoms with E-state index in [0.717, 1.165) is 0 Å². The largest absolute Gasteiger partial charge is 0.497 e. The van der Waals surface area contributed by atoms with Gasteiger partial charge in [0.05, 0.1) is 12.0 Å². The molecule has 7 heteroatoms. The predicted octanol–water partition coefficient (Wildman–Crippen LogP) is 1.47. The summed E-state index contributed by atoms with van der Waals surface area (Å²) in [5.74, 6) is 0.491. The van der Waals surface area contributed by atoms with Gasteiger partial charge < -0.3 is 10.5 Å². The van der Waals surface area contributed by atoms with Crippen molar-refractivity contribution in [3.63, 3.8) is 0 Å². The van der Waals surface area contributed by atoms with Crippen LogP contribution in [0.15, 0.2) is 27.6 Å². The number of sulfonamides is 1. The van der Waals surface area contributed by atoms with E-state index in [1.54, 1.807) is 12.1 Å². The van der Waals surface area contributed by atoms with E-state index in [2.05, 4.69) is 20.7 Å². The van der Waals surface area contributed by atoms with Crippen molar-refractivity contribution >= 4 is 26.0 Å². The molecule has 1 rings (SSSR count). The number of nitrogens with one attached hydrogen (secondary N) is 1. The summed E-state index contributed by atoms with van der Waals surface area (Å²) in [5.41, 5.74) is 5.57. The molecule has 0 bridgehead atoms. The summed E-state index contributed by atoms with van der Waals surface area (Å²) in [6.45, 7) is 2.14. The van der Waals surface area contributed by atoms with E-state index < -0.39 is 10.0 Å². The number of hydrogen-bond acceptors (Lipinski definition) is 4. The van der Waals surface area contributed by atoms with Gasteiger partial charge in [-0.3, -0.25) is 0 Å². The van der Waals surface area contributed by atoms with Gasteiger partial charge in [0.15, 0.2) is 0 Å². The fourth-order valence-electron chi connectivity index (χ4n) is 1.32. The van der Waals surface area contributed by atoms with Crippen molar-refractivity contribution in [3.05, 3.63) is 22.7 Å². The lowest BCUT2D eigenvalue weighted by atomic mass is 10.3. The molecule has 18 heavy (non-hydrogen) atoms. The third-order valence-electron chi connectivity index (χ3n) is 2.32. The van der Waals surface area contributed by atoms with Crippen molar-refractivity contribution < 1.29 is 13.2 Å². The third-order valence-corrected chi connectivity index (χ3v) is 4.77. The van der Waals surface area contributed by atoms with Gasteiger partial charge in [-0.2, -0.15) is 0 Å². The highest BCUT2D eigenvalue weighted by molar-refractivity contribution is 9.10. The molecule has 0 radical (unpaired) electrons. The monoisotopic (exact) mass is 336 g/mol. The first-order valence-corrected chi connectivity index (χ1v) is 7.73. The molecule has 0 spiro atoms. The fourth-order valence-corrected chi connectivity index (χ4v) is 3.34. The van der Waals surface area contributed by atoms with Crippen LogP contribution in [0.4, 0.5) is 0 Å². The normalized spacial score (nSPS) is 13.3. The van der Waals surface area contributed by atoms with E-state index in [-0.39, 0.29) is 10.9 Å². The van der Waals surface area contributed by atoms with E-state index in [4.69, 9.17) is 10.5 Å². The zero-order valence-electron chi connectivity index (χ0n) is 10.3. The first kappa shape index (κ1) is 15.4. The highest BCUT2D eigenvalue weighted by Crippen LogP contribution is 2.26. The molecule has 0 aliphatic carbocycles. The van der Waals surface area contributed by atoms with Crippen molar-refractivity contribution in [2.24, 2.45) is 5.73 Å². The summed E-state index contributed by atoms with van der Waals surface area (Å²) >= 11 is 3.22. The Kier molecular flexibility index (Phi) is 5.58. The predicted molar refractivity (Wildman–Crippen MR) is 74.1 cm³/mol. The molecule has 1 unspecified atom stereocenters. The zero-order valence-corrected chi connectivity index (χ0v) is 12.7. The highest BCUT2D eigenvalue weighted by Gasteiger charge is 2.18. The molecular formula is C11H17BrN2O3S. The highest BCUT2D eigenvalue weighted by atomic mass is 79.9. The van der Waals surface area contributed by atoms with Crippen LogP contribution >= 0.6 is 15.9 Å². The number of halogens is 1. The second-order valence-electron chi connectivity index (χ2n) is 3.96. The third kappa shape index (κ3) is 4.24. The summed E-state index contributed by atoms with van der Waals surface area (Å²) in [6, 6.07) is 4.75. The summed E-state index contributed by atoms with van der Waals surface area (Å²) in [6.07, 6.45) is 0.584. The molecular weight excluding hydrogens is 320 g/mol. The van der Waals surface area contributed by atoms with Crippen molar-refractivity contribution in [2.45, 2.75) is 24.3 Å². The van der Waals surface area contributed by atoms with Crippen LogP contribution in [0.5, 0.6) is 5.75 Å². The molecule has 0 aliphatic rings. The quantitative estimate of drug-likeness (QED) is 0.824. The average molecular weight is 337 g/mol. The van der Waals surface area contributed by atoms with Gasteiger partial charge in [0, 0.05) is 23.1 Å². The van der Waals surface area contributed by atoms with Crippen LogP contribution in [-0.4, -0.2) is 28.1 Å². The number of rotatable bonds is 6. The lowest BCUT2D eigenvalue weighted by Gasteiger charge is -2.11. The lowest BCUT2D eigenvalue weighted by Crippen LogP contribution is -2.29. The molecule has 0 saturated carbocycles. The van der Waals surface area contributed by atoms with Crippen molar-refractivity contribution in [2.75, 3.05) is 13.7 Å². The molecule has 3 N–H and O–H groups in total. The van der Waals surface area contributed by atoms with Crippen molar-refractivity contribution in [1.82, 2.24) is 4.72 Å². The molecule has 0 amide bonds. The smallest absolute Gasteiger partial charge is 0.241 e. The number of methoxy groups -OCH3 is 1. The molecule has 5 nitrogen and oxygen atoms in total. The number of nitrogens with two attached hydrogens (primary N) is 1. The summed E-state index contributed by atoms with van der Waals surface area (Å²) in [5, 5.41) is 0. The maximum Gasteiger partial charge on any atom is 0.241 e. The van der Waals surface area contributed by atoms with Gasteiger partial charge in [0.25, 0.3) is 0 Å². The molecule has 0 aliphatic heterocycles. The van der Waals surface area contributed by atoms with Crippen LogP contribution in [0.25, 0.3) is 0 Å². The van der Waals surface area contributed by atoms with E-state index in [1.165, 1.54) is 13.2 Å². The lowest BCUT2D eigenvalue weighted by molar-refractivity contribution is 0.413. The fraction of sp³-hybridized carbons (Fsp3) is 0.455. The van der Waals surface area contributed by atoms with Crippen molar-refractivity contribution in [3.8, 4) is 5.75 Å². The van der Waals surface area contributed by atoms with E-state index >= 15 is 0 Å². The molecule has 1 atom stereocenters. The summed E-state index contributed by atoms with van der Waals surface area (Å²) < 4.78 is 32.1. The minimum Gasteiger partial charge on any atom is -0.497 e. The molecule has 0 saturated heterocycles. The standard InChI is InChI=1S/C11H17BrN2O3S/c1-8(13)5-6-14-18(15,16)11-7-9(17-2)3-4-10(11)12/h3-4,7-8,14H,5-6,13H2,1-2H3. The molecule has 0 aromatic heterocycles. The van der Waals surface area contributed by atoms with Gasteiger partial charge in [-0.25, -0.2) is 13.1 Å². The number of benzene rings is 1. The van der Waals surface area contributed by atoms with Gasteiger partial charge in [-0.15, -0.1) is 0 Å². The van der Waals surface area contributed by atoms with Crippen LogP contribution in [0, 0.1) is 0 Å². The molecule has 1 aromatic rings. The van der Waals surface area contributed by atoms with E-state index in [0.29, 0.717) is 23.2 Å². The maximum absolute atomic E-state index is 12.1. The second kappa shape index (κ2) is 6.51. The zero-order chi connectivity index (χ0) is 13.8. The second-order valence-corrected chi connectivity index (χ2v) is 6.55. The molecule has 0 heterocycles. The first-order chi connectivity index (χ1) is 8.36. The average Bonchev–Trinajstić information content (AvgIpc) is 2.28. The Morgan fingerprint density at radius 3 is 2.72 bits per heavy atom. The topological polar surface area (TPSA) is 81.4 Å². The molecule has 102 valence electrons. The minimum absolute atomic E-state index is 0.0403. The Hall–Kier alpha value is -0.630. The van der Waals surface area contributed by atoms with Gasteiger partial charge in [0.2, 0.25) is 10.0 Å². The van der Waals surface area contributed by atoms with Gasteiger partial charge in [-0.05, 0) is 41.4 Å². The summed E-state index contributed by atoms with van der Waals surface area (Å²) in [4.78, 5) is 0.159. The van der Waals surface area contributed by atoms with Crippen LogP contribution in [-0.2, 0) is 10.0 Å². The minimum atomic E-state index is -3.55. The van der Waals surface area contributed by atoms with Crippen LogP contribution in [0.3, 0.4) is 0 Å². The number of hydrogen-bond donors (Lipinski definition) is 2. The van der Waals surface area contributed by atoms with Crippen LogP contribution in [0.1, 0.15) is 13.3 Å². The van der Waals surface area contributed by atoms with Crippen molar-refractivity contribution in [1.29, 1.82) is 0 Å². The maximum atomic E-state index is 12.1. The Balaban J connectivity index is 2.90. The van der Waals surface area contributed by atoms with Gasteiger partial charge in [0.1, 0.15) is 5.75 Å². The van der Waals surface area contributed by atoms with Crippen LogP contribution < -0.4 is 15.2 Å². The SMILES string of the molecule is COc1ccc(Br)c(S(=O)(=O)NCCC(C)N)c1. The van der Waals surface area contributed by atoms with E-state index in [9.17, 15) is 8.42 Å². The Labute approximate surface area is 116 Å². The molecule has 1 aromatic carbocycles. The summed E-state index contributed by atoms with van der Waals surface area (Å²) in [7, 11) is -2.06. The Bertz CT molecular complexity index is 503. The van der Waals surface area contributed by atoms with Gasteiger partial charge >= 0.3 is 0 Å².